The molecule has 0 saturated carbocycles. The maximum absolute atomic E-state index is 12.7. The quantitative estimate of drug-likeness (QED) is 0.870. The van der Waals surface area contributed by atoms with E-state index in [0.29, 0.717) is 37.6 Å². The number of benzene rings is 1. The van der Waals surface area contributed by atoms with Crippen molar-refractivity contribution in [3.63, 3.8) is 0 Å². The summed E-state index contributed by atoms with van der Waals surface area (Å²) in [6.45, 7) is 3.34. The van der Waals surface area contributed by atoms with Gasteiger partial charge in [0.1, 0.15) is 5.75 Å². The summed E-state index contributed by atoms with van der Waals surface area (Å²) in [5, 5.41) is 9.08. The van der Waals surface area contributed by atoms with E-state index in [9.17, 15) is 14.4 Å². The van der Waals surface area contributed by atoms with Crippen LogP contribution in [0.4, 0.5) is 5.69 Å². The highest BCUT2D eigenvalue weighted by molar-refractivity contribution is 6.01. The number of aliphatic carboxylic acids is 1. The van der Waals surface area contributed by atoms with E-state index in [1.54, 1.807) is 15.9 Å². The molecule has 0 radical (unpaired) electrons. The van der Waals surface area contributed by atoms with Crippen molar-refractivity contribution in [1.82, 2.24) is 4.90 Å². The second-order valence-electron chi connectivity index (χ2n) is 6.41. The van der Waals surface area contributed by atoms with E-state index in [1.807, 2.05) is 25.1 Å². The van der Waals surface area contributed by atoms with Crippen LogP contribution in [0.5, 0.6) is 5.75 Å². The molecule has 2 amide bonds. The standard InChI is InChI=1S/C18H22N2O5/c1-2-25-15-6-4-3-5-14(15)20-11-13(9-16(20)21)17(22)19-8-7-12(10-19)18(23)24/h3-6,12-13H,2,7-11H2,1H3,(H,23,24)/t12-,13-/m0/s1. The molecular weight excluding hydrogens is 324 g/mol. The SMILES string of the molecule is CCOc1ccccc1N1C[C@@H](C(=O)N2CC[C@H](C(=O)O)C2)CC1=O. The Bertz CT molecular complexity index is 690. The lowest BCUT2D eigenvalue weighted by Gasteiger charge is -2.22. The molecule has 3 rings (SSSR count). The molecule has 0 aromatic heterocycles. The zero-order chi connectivity index (χ0) is 18.0. The fourth-order valence-corrected chi connectivity index (χ4v) is 3.48. The second-order valence-corrected chi connectivity index (χ2v) is 6.41. The van der Waals surface area contributed by atoms with Crippen LogP contribution in [0.15, 0.2) is 24.3 Å². The monoisotopic (exact) mass is 346 g/mol. The summed E-state index contributed by atoms with van der Waals surface area (Å²) in [4.78, 5) is 39.3. The Hall–Kier alpha value is -2.57. The van der Waals surface area contributed by atoms with Gasteiger partial charge in [-0.3, -0.25) is 14.4 Å². The van der Waals surface area contributed by atoms with Crippen LogP contribution in [-0.2, 0) is 14.4 Å². The normalized spacial score (nSPS) is 23.2. The van der Waals surface area contributed by atoms with Gasteiger partial charge in [-0.2, -0.15) is 0 Å². The number of hydrogen-bond donors (Lipinski definition) is 1. The Labute approximate surface area is 146 Å². The van der Waals surface area contributed by atoms with Crippen molar-refractivity contribution in [3.8, 4) is 5.75 Å². The third-order valence-electron chi connectivity index (χ3n) is 4.78. The first-order chi connectivity index (χ1) is 12.0. The molecule has 2 fully saturated rings. The van der Waals surface area contributed by atoms with E-state index in [2.05, 4.69) is 0 Å². The first kappa shape index (κ1) is 17.3. The van der Waals surface area contributed by atoms with Crippen LogP contribution in [-0.4, -0.2) is 54.0 Å². The van der Waals surface area contributed by atoms with E-state index < -0.39 is 17.8 Å². The average molecular weight is 346 g/mol. The molecule has 7 heteroatoms. The van der Waals surface area contributed by atoms with Gasteiger partial charge in [-0.05, 0) is 25.5 Å². The molecule has 7 nitrogen and oxygen atoms in total. The third kappa shape index (κ3) is 3.45. The van der Waals surface area contributed by atoms with Gasteiger partial charge >= 0.3 is 5.97 Å². The summed E-state index contributed by atoms with van der Waals surface area (Å²) in [5.41, 5.74) is 0.675. The number of carboxylic acid groups (broad SMARTS) is 1. The highest BCUT2D eigenvalue weighted by Crippen LogP contribution is 2.34. The molecular formula is C18H22N2O5. The number of carbonyl (C=O) groups is 3. The van der Waals surface area contributed by atoms with Gasteiger partial charge in [-0.25, -0.2) is 0 Å². The van der Waals surface area contributed by atoms with Crippen LogP contribution >= 0.6 is 0 Å². The Morgan fingerprint density at radius 2 is 2.00 bits per heavy atom. The molecule has 0 unspecified atom stereocenters. The molecule has 0 spiro atoms. The minimum absolute atomic E-state index is 0.112. The molecule has 2 atom stereocenters. The zero-order valence-electron chi connectivity index (χ0n) is 14.2. The Morgan fingerprint density at radius 3 is 2.68 bits per heavy atom. The van der Waals surface area contributed by atoms with Crippen molar-refractivity contribution < 1.29 is 24.2 Å². The van der Waals surface area contributed by atoms with Crippen LogP contribution in [0.1, 0.15) is 19.8 Å². The molecule has 25 heavy (non-hydrogen) atoms. The molecule has 1 N–H and O–H groups in total. The first-order valence-electron chi connectivity index (χ1n) is 8.55. The minimum Gasteiger partial charge on any atom is -0.492 e. The van der Waals surface area contributed by atoms with Crippen LogP contribution in [0.25, 0.3) is 0 Å². The summed E-state index contributed by atoms with van der Waals surface area (Å²) >= 11 is 0. The van der Waals surface area contributed by atoms with Gasteiger partial charge in [0, 0.05) is 26.1 Å². The predicted octanol–water partition coefficient (Wildman–Crippen LogP) is 1.37. The Morgan fingerprint density at radius 1 is 1.24 bits per heavy atom. The maximum Gasteiger partial charge on any atom is 0.308 e. The number of para-hydroxylation sites is 2. The number of likely N-dealkylation sites (tertiary alicyclic amines) is 1. The lowest BCUT2D eigenvalue weighted by Crippen LogP contribution is -2.36. The summed E-state index contributed by atoms with van der Waals surface area (Å²) in [6.07, 6.45) is 0.617. The van der Waals surface area contributed by atoms with Crippen molar-refractivity contribution in [3.05, 3.63) is 24.3 Å². The smallest absolute Gasteiger partial charge is 0.308 e. The predicted molar refractivity (Wildman–Crippen MR) is 90.4 cm³/mol. The van der Waals surface area contributed by atoms with Gasteiger partial charge in [0.2, 0.25) is 11.8 Å². The summed E-state index contributed by atoms with van der Waals surface area (Å²) in [7, 11) is 0. The summed E-state index contributed by atoms with van der Waals surface area (Å²) in [5.74, 6) is -1.43. The van der Waals surface area contributed by atoms with Crippen LogP contribution in [0, 0.1) is 11.8 Å². The fourth-order valence-electron chi connectivity index (χ4n) is 3.48. The molecule has 2 saturated heterocycles. The molecule has 1 aromatic rings. The first-order valence-corrected chi connectivity index (χ1v) is 8.55. The van der Waals surface area contributed by atoms with Gasteiger partial charge < -0.3 is 19.6 Å². The van der Waals surface area contributed by atoms with Crippen molar-refractivity contribution in [2.24, 2.45) is 11.8 Å². The van der Waals surface area contributed by atoms with Crippen LogP contribution in [0.2, 0.25) is 0 Å². The maximum atomic E-state index is 12.7. The van der Waals surface area contributed by atoms with Crippen molar-refractivity contribution in [2.75, 3.05) is 31.1 Å². The van der Waals surface area contributed by atoms with Crippen molar-refractivity contribution in [1.29, 1.82) is 0 Å². The second kappa shape index (κ2) is 7.13. The average Bonchev–Trinajstić information content (AvgIpc) is 3.22. The highest BCUT2D eigenvalue weighted by atomic mass is 16.5. The molecule has 1 aromatic carbocycles. The Kier molecular flexibility index (Phi) is 4.92. The largest absolute Gasteiger partial charge is 0.492 e. The van der Waals surface area contributed by atoms with Crippen molar-refractivity contribution >= 4 is 23.5 Å². The fraction of sp³-hybridized carbons (Fsp3) is 0.500. The summed E-state index contributed by atoms with van der Waals surface area (Å²) in [6, 6.07) is 7.29. The molecule has 0 aliphatic carbocycles. The van der Waals surface area contributed by atoms with Crippen LogP contribution in [0.3, 0.4) is 0 Å². The van der Waals surface area contributed by atoms with Gasteiger partial charge in [0.05, 0.1) is 24.1 Å². The third-order valence-corrected chi connectivity index (χ3v) is 4.78. The van der Waals surface area contributed by atoms with Gasteiger partial charge in [0.15, 0.2) is 0 Å². The molecule has 2 aliphatic rings. The van der Waals surface area contributed by atoms with E-state index in [-0.39, 0.29) is 24.8 Å². The number of nitrogens with zero attached hydrogens (tertiary/aromatic N) is 2. The van der Waals surface area contributed by atoms with E-state index in [1.165, 1.54) is 0 Å². The van der Waals surface area contributed by atoms with Crippen LogP contribution < -0.4 is 9.64 Å². The number of carbonyl (C=O) groups excluding carboxylic acids is 2. The number of rotatable bonds is 5. The molecule has 0 bridgehead atoms. The summed E-state index contributed by atoms with van der Waals surface area (Å²) < 4.78 is 5.58. The molecule has 134 valence electrons. The molecule has 2 heterocycles. The lowest BCUT2D eigenvalue weighted by atomic mass is 10.1. The number of hydrogen-bond acceptors (Lipinski definition) is 4. The molecule has 2 aliphatic heterocycles. The van der Waals surface area contributed by atoms with Gasteiger partial charge in [-0.1, -0.05) is 12.1 Å². The number of anilines is 1. The topological polar surface area (TPSA) is 87.2 Å². The van der Waals surface area contributed by atoms with Crippen molar-refractivity contribution in [2.45, 2.75) is 19.8 Å². The van der Waals surface area contributed by atoms with Gasteiger partial charge in [-0.15, -0.1) is 0 Å². The number of carboxylic acids is 1. The van der Waals surface area contributed by atoms with E-state index in [4.69, 9.17) is 9.84 Å². The number of ether oxygens (including phenoxy) is 1. The minimum atomic E-state index is -0.870. The highest BCUT2D eigenvalue weighted by Gasteiger charge is 2.40. The zero-order valence-corrected chi connectivity index (χ0v) is 14.2. The van der Waals surface area contributed by atoms with E-state index >= 15 is 0 Å². The van der Waals surface area contributed by atoms with Gasteiger partial charge in [0.25, 0.3) is 0 Å². The van der Waals surface area contributed by atoms with E-state index in [0.717, 1.165) is 0 Å². The Balaban J connectivity index is 1.71. The lowest BCUT2D eigenvalue weighted by molar-refractivity contribution is -0.141. The number of amides is 2.